The Hall–Kier alpha value is -2.76. The molecule has 0 aliphatic carbocycles. The second-order valence-electron chi connectivity index (χ2n) is 6.82. The second kappa shape index (κ2) is 5.95. The predicted molar refractivity (Wildman–Crippen MR) is 95.4 cm³/mol. The predicted octanol–water partition coefficient (Wildman–Crippen LogP) is 3.44. The summed E-state index contributed by atoms with van der Waals surface area (Å²) < 4.78 is 11.4. The van der Waals surface area contributed by atoms with Crippen LogP contribution in [0.4, 0.5) is 11.5 Å². The van der Waals surface area contributed by atoms with Crippen molar-refractivity contribution in [3.8, 4) is 11.5 Å². The Labute approximate surface area is 146 Å². The Balaban J connectivity index is 1.50. The summed E-state index contributed by atoms with van der Waals surface area (Å²) in [7, 11) is 0. The molecule has 3 heterocycles. The Kier molecular flexibility index (Phi) is 3.75. The highest BCUT2D eigenvalue weighted by molar-refractivity contribution is 6.04. The molecular weight excluding hydrogens is 318 g/mol. The minimum atomic E-state index is -0.680. The molecule has 25 heavy (non-hydrogen) atoms. The van der Waals surface area contributed by atoms with E-state index >= 15 is 0 Å². The zero-order valence-corrected chi connectivity index (χ0v) is 14.4. The van der Waals surface area contributed by atoms with E-state index in [2.05, 4.69) is 15.2 Å². The van der Waals surface area contributed by atoms with Gasteiger partial charge in [-0.25, -0.2) is 4.98 Å². The van der Waals surface area contributed by atoms with E-state index in [1.54, 1.807) is 18.3 Å². The Morgan fingerprint density at radius 1 is 1.12 bits per heavy atom. The average Bonchev–Trinajstić information content (AvgIpc) is 3.21. The summed E-state index contributed by atoms with van der Waals surface area (Å²) in [6.07, 6.45) is 4.03. The fourth-order valence-electron chi connectivity index (χ4n) is 3.18. The maximum absolute atomic E-state index is 12.6. The van der Waals surface area contributed by atoms with Crippen molar-refractivity contribution in [1.29, 1.82) is 0 Å². The fourth-order valence-corrected chi connectivity index (χ4v) is 3.18. The third-order valence-corrected chi connectivity index (χ3v) is 4.35. The van der Waals surface area contributed by atoms with E-state index in [9.17, 15) is 4.79 Å². The lowest BCUT2D eigenvalue weighted by Crippen LogP contribution is -2.29. The maximum Gasteiger partial charge on any atom is 0.255 e. The van der Waals surface area contributed by atoms with Crippen molar-refractivity contribution in [2.75, 3.05) is 23.3 Å². The van der Waals surface area contributed by atoms with Crippen LogP contribution in [0.1, 0.15) is 37.0 Å². The van der Waals surface area contributed by atoms with Crippen molar-refractivity contribution in [2.24, 2.45) is 0 Å². The number of anilines is 2. The average molecular weight is 339 g/mol. The van der Waals surface area contributed by atoms with Gasteiger partial charge in [0.05, 0.1) is 0 Å². The number of nitrogens with one attached hydrogen (secondary N) is 1. The van der Waals surface area contributed by atoms with Gasteiger partial charge in [-0.3, -0.25) is 4.79 Å². The molecule has 1 amide bonds. The van der Waals surface area contributed by atoms with Crippen molar-refractivity contribution in [3.05, 3.63) is 42.1 Å². The van der Waals surface area contributed by atoms with Crippen molar-refractivity contribution in [1.82, 2.24) is 4.98 Å². The first-order chi connectivity index (χ1) is 12.0. The number of amides is 1. The number of fused-ring (bicyclic) bond motifs is 1. The number of aromatic nitrogens is 1. The minimum Gasteiger partial charge on any atom is -0.449 e. The van der Waals surface area contributed by atoms with Gasteiger partial charge in [0.1, 0.15) is 5.82 Å². The number of hydrogen-bond acceptors (Lipinski definition) is 5. The molecule has 1 N–H and O–H groups in total. The van der Waals surface area contributed by atoms with Crippen LogP contribution in [0.2, 0.25) is 0 Å². The summed E-state index contributed by atoms with van der Waals surface area (Å²) in [6.45, 7) is 5.69. The highest BCUT2D eigenvalue weighted by Crippen LogP contribution is 2.40. The quantitative estimate of drug-likeness (QED) is 0.928. The second-order valence-corrected chi connectivity index (χ2v) is 6.82. The zero-order valence-electron chi connectivity index (χ0n) is 14.4. The molecule has 130 valence electrons. The van der Waals surface area contributed by atoms with Crippen LogP contribution in [0, 0.1) is 0 Å². The van der Waals surface area contributed by atoms with E-state index in [1.165, 1.54) is 12.8 Å². The molecule has 0 atom stereocenters. The number of benzene rings is 1. The molecule has 0 saturated carbocycles. The fraction of sp³-hybridized carbons (Fsp3) is 0.368. The summed E-state index contributed by atoms with van der Waals surface area (Å²) in [6, 6.07) is 8.97. The van der Waals surface area contributed by atoms with Crippen LogP contribution in [0.25, 0.3) is 0 Å². The van der Waals surface area contributed by atoms with E-state index in [-0.39, 0.29) is 5.91 Å². The SMILES string of the molecule is CC1(C)Oc2ccc(NC(=O)c3ccnc(N4CCCC4)c3)cc2O1. The summed E-state index contributed by atoms with van der Waals surface area (Å²) in [5.74, 6) is 1.33. The third-order valence-electron chi connectivity index (χ3n) is 4.35. The first-order valence-corrected chi connectivity index (χ1v) is 8.55. The van der Waals surface area contributed by atoms with Crippen molar-refractivity contribution >= 4 is 17.4 Å². The van der Waals surface area contributed by atoms with Gasteiger partial charge in [-0.1, -0.05) is 0 Å². The molecular formula is C19H21N3O3. The van der Waals surface area contributed by atoms with Crippen LogP contribution in [-0.2, 0) is 0 Å². The summed E-state index contributed by atoms with van der Waals surface area (Å²) >= 11 is 0. The summed E-state index contributed by atoms with van der Waals surface area (Å²) in [5.41, 5.74) is 1.26. The van der Waals surface area contributed by atoms with Gasteiger partial charge >= 0.3 is 0 Å². The van der Waals surface area contributed by atoms with Gasteiger partial charge in [0, 0.05) is 50.5 Å². The number of carbonyl (C=O) groups is 1. The molecule has 1 saturated heterocycles. The van der Waals surface area contributed by atoms with Gasteiger partial charge in [0.25, 0.3) is 5.91 Å². The van der Waals surface area contributed by atoms with Gasteiger partial charge in [-0.2, -0.15) is 0 Å². The van der Waals surface area contributed by atoms with Gasteiger partial charge in [0.2, 0.25) is 5.79 Å². The molecule has 1 aromatic heterocycles. The first kappa shape index (κ1) is 15.7. The standard InChI is InChI=1S/C19H21N3O3/c1-19(2)24-15-6-5-14(12-16(15)25-19)21-18(23)13-7-8-20-17(11-13)22-9-3-4-10-22/h5-8,11-12H,3-4,9-10H2,1-2H3,(H,21,23). The number of hydrogen-bond donors (Lipinski definition) is 1. The molecule has 0 bridgehead atoms. The van der Waals surface area contributed by atoms with E-state index in [0.717, 1.165) is 18.9 Å². The zero-order chi connectivity index (χ0) is 17.4. The molecule has 1 aromatic carbocycles. The lowest BCUT2D eigenvalue weighted by Gasteiger charge is -2.16. The van der Waals surface area contributed by atoms with E-state index in [1.807, 2.05) is 32.0 Å². The topological polar surface area (TPSA) is 63.7 Å². The smallest absolute Gasteiger partial charge is 0.255 e. The lowest BCUT2D eigenvalue weighted by atomic mass is 10.2. The lowest BCUT2D eigenvalue weighted by molar-refractivity contribution is -0.0431. The van der Waals surface area contributed by atoms with Crippen LogP contribution in [-0.4, -0.2) is 29.8 Å². The maximum atomic E-state index is 12.6. The minimum absolute atomic E-state index is 0.166. The van der Waals surface area contributed by atoms with Crippen LogP contribution in [0.5, 0.6) is 11.5 Å². The van der Waals surface area contributed by atoms with Gasteiger partial charge in [-0.05, 0) is 37.1 Å². The monoisotopic (exact) mass is 339 g/mol. The highest BCUT2D eigenvalue weighted by Gasteiger charge is 2.31. The van der Waals surface area contributed by atoms with Gasteiger partial charge < -0.3 is 19.7 Å². The number of rotatable bonds is 3. The van der Waals surface area contributed by atoms with Gasteiger partial charge in [0.15, 0.2) is 11.5 Å². The number of pyridine rings is 1. The molecule has 6 nitrogen and oxygen atoms in total. The summed E-state index contributed by atoms with van der Waals surface area (Å²) in [5, 5.41) is 2.91. The molecule has 2 aliphatic heterocycles. The van der Waals surface area contributed by atoms with E-state index in [4.69, 9.17) is 9.47 Å². The summed E-state index contributed by atoms with van der Waals surface area (Å²) in [4.78, 5) is 19.2. The molecule has 1 fully saturated rings. The normalized spacial score (nSPS) is 17.6. The number of ether oxygens (including phenoxy) is 2. The molecule has 2 aliphatic rings. The first-order valence-electron chi connectivity index (χ1n) is 8.55. The largest absolute Gasteiger partial charge is 0.449 e. The highest BCUT2D eigenvalue weighted by atomic mass is 16.7. The van der Waals surface area contributed by atoms with Crippen LogP contribution in [0.3, 0.4) is 0 Å². The molecule has 0 unspecified atom stereocenters. The van der Waals surface area contributed by atoms with Crippen LogP contribution < -0.4 is 19.7 Å². The molecule has 6 heteroatoms. The Morgan fingerprint density at radius 3 is 2.68 bits per heavy atom. The van der Waals surface area contributed by atoms with E-state index in [0.29, 0.717) is 22.7 Å². The molecule has 2 aromatic rings. The Bertz CT molecular complexity index is 813. The third kappa shape index (κ3) is 3.24. The number of carbonyl (C=O) groups excluding carboxylic acids is 1. The molecule has 4 rings (SSSR count). The van der Waals surface area contributed by atoms with Gasteiger partial charge in [-0.15, -0.1) is 0 Å². The van der Waals surface area contributed by atoms with E-state index < -0.39 is 5.79 Å². The van der Waals surface area contributed by atoms with Crippen LogP contribution in [0.15, 0.2) is 36.5 Å². The Morgan fingerprint density at radius 2 is 1.88 bits per heavy atom. The number of nitrogens with zero attached hydrogens (tertiary/aromatic N) is 2. The van der Waals surface area contributed by atoms with Crippen molar-refractivity contribution < 1.29 is 14.3 Å². The van der Waals surface area contributed by atoms with Crippen molar-refractivity contribution in [3.63, 3.8) is 0 Å². The molecule has 0 spiro atoms. The van der Waals surface area contributed by atoms with Crippen molar-refractivity contribution in [2.45, 2.75) is 32.5 Å². The molecule has 0 radical (unpaired) electrons. The van der Waals surface area contributed by atoms with Crippen LogP contribution >= 0.6 is 0 Å².